The molecule has 10 aromatic rings. The van der Waals surface area contributed by atoms with Gasteiger partial charge in [0, 0.05) is 39.9 Å². The number of ether oxygens (including phenoxy) is 4. The van der Waals surface area contributed by atoms with E-state index < -0.39 is 5.41 Å². The van der Waals surface area contributed by atoms with Crippen LogP contribution >= 0.6 is 0 Å². The summed E-state index contributed by atoms with van der Waals surface area (Å²) in [4.78, 5) is 2.29. The molecule has 0 aliphatic carbocycles. The van der Waals surface area contributed by atoms with Crippen molar-refractivity contribution in [2.24, 2.45) is 0 Å². The smallest absolute Gasteiger partial charge is 0.119 e. The number of anilines is 2. The average Bonchev–Trinajstić information content (AvgIpc) is 3.97. The predicted molar refractivity (Wildman–Crippen MR) is 306 cm³/mol. The molecule has 0 N–H and O–H groups in total. The highest BCUT2D eigenvalue weighted by Gasteiger charge is 2.39. The van der Waals surface area contributed by atoms with Crippen molar-refractivity contribution in [3.05, 3.63) is 270 Å². The van der Waals surface area contributed by atoms with E-state index in [0.717, 1.165) is 112 Å². The Bertz CT molecular complexity index is 3790. The van der Waals surface area contributed by atoms with Crippen LogP contribution < -0.4 is 19.1 Å². The van der Waals surface area contributed by atoms with Gasteiger partial charge in [-0.15, -0.1) is 0 Å². The Morgan fingerprint density at radius 2 is 0.868 bits per heavy atom. The predicted octanol–water partition coefficient (Wildman–Crippen LogP) is 15.5. The second kappa shape index (κ2) is 20.5. The molecule has 0 saturated heterocycles. The van der Waals surface area contributed by atoms with Gasteiger partial charge in [0.1, 0.15) is 23.0 Å². The van der Waals surface area contributed by atoms with Gasteiger partial charge < -0.3 is 28.4 Å². The lowest BCUT2D eigenvalue weighted by Gasteiger charge is -2.37. The number of nitriles is 2. The normalized spacial score (nSPS) is 13.5. The van der Waals surface area contributed by atoms with Crippen LogP contribution in [0.3, 0.4) is 0 Å². The molecule has 8 heteroatoms. The number of hydrogen-bond acceptors (Lipinski definition) is 7. The molecule has 368 valence electrons. The number of hydrogen-bond donors (Lipinski definition) is 0. The van der Waals surface area contributed by atoms with E-state index in [4.69, 9.17) is 18.9 Å². The molecule has 1 aliphatic rings. The Kier molecular flexibility index (Phi) is 13.0. The molecule has 0 fully saturated rings. The minimum absolute atomic E-state index is 0.565. The van der Waals surface area contributed by atoms with Crippen LogP contribution in [0.15, 0.2) is 231 Å². The maximum absolute atomic E-state index is 9.58. The Hall–Kier alpha value is -10.0. The Morgan fingerprint density at radius 3 is 1.30 bits per heavy atom. The van der Waals surface area contributed by atoms with Gasteiger partial charge >= 0.3 is 0 Å². The molecule has 9 aromatic carbocycles. The molecule has 0 unspecified atom stereocenters. The zero-order chi connectivity index (χ0) is 52.3. The van der Waals surface area contributed by atoms with Crippen molar-refractivity contribution < 1.29 is 18.9 Å². The van der Waals surface area contributed by atoms with Crippen molar-refractivity contribution in [2.45, 2.75) is 5.41 Å². The summed E-state index contributed by atoms with van der Waals surface area (Å²) in [6.07, 6.45) is 6.05. The van der Waals surface area contributed by atoms with Crippen LogP contribution in [0.1, 0.15) is 38.9 Å². The lowest BCUT2D eigenvalue weighted by molar-refractivity contribution is 0.307. The number of nitrogens with zero attached hydrogens (tertiary/aromatic N) is 4. The third kappa shape index (κ3) is 8.68. The second-order valence-corrected chi connectivity index (χ2v) is 18.7. The number of benzene rings is 9. The quantitative estimate of drug-likeness (QED) is 0.113. The summed E-state index contributed by atoms with van der Waals surface area (Å²) < 4.78 is 25.2. The van der Waals surface area contributed by atoms with E-state index in [-0.39, 0.29) is 0 Å². The van der Waals surface area contributed by atoms with E-state index in [0.29, 0.717) is 23.4 Å². The van der Waals surface area contributed by atoms with E-state index in [9.17, 15) is 10.5 Å². The molecule has 0 radical (unpaired) electrons. The fraction of sp³-hybridized carbons (Fsp3) is 0.0882. The third-order valence-electron chi connectivity index (χ3n) is 14.6. The zero-order valence-electron chi connectivity index (χ0n) is 42.6. The number of allylic oxidation sites excluding steroid dienone is 3. The van der Waals surface area contributed by atoms with E-state index in [1.54, 1.807) is 28.4 Å². The van der Waals surface area contributed by atoms with Crippen LogP contribution in [0, 0.1) is 22.7 Å². The fourth-order valence-electron chi connectivity index (χ4n) is 10.7. The van der Waals surface area contributed by atoms with Gasteiger partial charge in [-0.3, -0.25) is 0 Å². The maximum Gasteiger partial charge on any atom is 0.119 e. The first kappa shape index (κ1) is 48.3. The number of rotatable bonds is 12. The molecule has 8 nitrogen and oxygen atoms in total. The molecule has 0 saturated carbocycles. The number of fused-ring (bicyclic) bond motifs is 4. The maximum atomic E-state index is 9.58. The fourth-order valence-corrected chi connectivity index (χ4v) is 10.7. The molecule has 0 atom stereocenters. The highest BCUT2D eigenvalue weighted by atomic mass is 16.5. The van der Waals surface area contributed by atoms with Gasteiger partial charge in [-0.2, -0.15) is 10.5 Å². The first-order valence-corrected chi connectivity index (χ1v) is 24.9. The van der Waals surface area contributed by atoms with Crippen molar-refractivity contribution >= 4 is 38.8 Å². The zero-order valence-corrected chi connectivity index (χ0v) is 42.6. The molecule has 2 heterocycles. The third-order valence-corrected chi connectivity index (χ3v) is 14.6. The van der Waals surface area contributed by atoms with Gasteiger partial charge in [0.2, 0.25) is 0 Å². The van der Waals surface area contributed by atoms with E-state index in [2.05, 4.69) is 162 Å². The van der Waals surface area contributed by atoms with Crippen molar-refractivity contribution in [1.29, 1.82) is 10.5 Å². The summed E-state index contributed by atoms with van der Waals surface area (Å²) in [5.41, 5.74) is 15.5. The summed E-state index contributed by atoms with van der Waals surface area (Å²) >= 11 is 0. The molecule has 0 bridgehead atoms. The minimum Gasteiger partial charge on any atom is -0.497 e. The first-order valence-electron chi connectivity index (χ1n) is 24.9. The molecular formula is C68H52N4O4. The molecule has 76 heavy (non-hydrogen) atoms. The van der Waals surface area contributed by atoms with Gasteiger partial charge in [-0.25, -0.2) is 0 Å². The largest absolute Gasteiger partial charge is 0.497 e. The Morgan fingerprint density at radius 1 is 0.461 bits per heavy atom. The topological polar surface area (TPSA) is 92.7 Å². The van der Waals surface area contributed by atoms with Gasteiger partial charge in [0.05, 0.1) is 68.2 Å². The summed E-state index contributed by atoms with van der Waals surface area (Å²) in [5, 5.41) is 21.3. The summed E-state index contributed by atoms with van der Waals surface area (Å²) in [7, 11) is 6.73. The van der Waals surface area contributed by atoms with Gasteiger partial charge in [-0.1, -0.05) is 110 Å². The highest BCUT2D eigenvalue weighted by Crippen LogP contribution is 2.48. The van der Waals surface area contributed by atoms with Gasteiger partial charge in [0.25, 0.3) is 0 Å². The van der Waals surface area contributed by atoms with Crippen LogP contribution in [0.2, 0.25) is 0 Å². The summed E-state index contributed by atoms with van der Waals surface area (Å²) in [6, 6.07) is 74.0. The van der Waals surface area contributed by atoms with Crippen LogP contribution in [0.4, 0.5) is 11.4 Å². The van der Waals surface area contributed by atoms with Crippen LogP contribution in [0.25, 0.3) is 55.3 Å². The van der Waals surface area contributed by atoms with Crippen LogP contribution in [-0.2, 0) is 10.2 Å². The standard InChI is InChI=1S/C68H52N4O4/c1-45-39-58(73-2)7-6-38-71(65-35-32-59(74-3)40-62(45)65)56-28-24-54(25-29-56)68(52-20-16-50(17-21-52)48-12-8-46(43-69)9-13-48,53-22-18-51(19-23-53)49-14-10-47(44-70)11-15-49)55-26-30-57(31-27-55)72-66-36-33-60(75-4)41-63(66)64-42-61(76-5)34-37-67(64)72/h6-37,39-42H,1,38H2,2-5H3/b7-6-,58-39+. The number of aromatic nitrogens is 1. The highest BCUT2D eigenvalue weighted by molar-refractivity contribution is 6.10. The van der Waals surface area contributed by atoms with E-state index >= 15 is 0 Å². The van der Waals surface area contributed by atoms with E-state index in [1.807, 2.05) is 84.9 Å². The van der Waals surface area contributed by atoms with Crippen LogP contribution in [-0.4, -0.2) is 39.6 Å². The molecule has 11 rings (SSSR count). The van der Waals surface area contributed by atoms with Crippen LogP contribution in [0.5, 0.6) is 17.2 Å². The SMILES string of the molecule is C=C1/C=C(OC)\C=C/CN(c2ccc(C(c3ccc(-c4ccc(C#N)cc4)cc3)(c3ccc(-c4ccc(C#N)cc4)cc3)c3ccc(-n4c5ccc(OC)cc5c5cc(OC)ccc54)cc3)cc2)c2ccc(OC)cc21. The molecule has 0 spiro atoms. The molecular weight excluding hydrogens is 937 g/mol. The number of methoxy groups -OCH3 is 4. The van der Waals surface area contributed by atoms with Gasteiger partial charge in [0.15, 0.2) is 0 Å². The molecule has 1 aromatic heterocycles. The van der Waals surface area contributed by atoms with Crippen molar-refractivity contribution in [3.8, 4) is 57.3 Å². The van der Waals surface area contributed by atoms with Gasteiger partial charge in [-0.05, 0) is 165 Å². The lowest BCUT2D eigenvalue weighted by atomic mass is 9.65. The lowest BCUT2D eigenvalue weighted by Crippen LogP contribution is -2.31. The van der Waals surface area contributed by atoms with Crippen molar-refractivity contribution in [1.82, 2.24) is 4.57 Å². The Labute approximate surface area is 443 Å². The first-order chi connectivity index (χ1) is 37.3. The molecule has 1 aliphatic heterocycles. The Balaban J connectivity index is 1.12. The monoisotopic (exact) mass is 988 g/mol. The minimum atomic E-state index is -0.866. The molecule has 0 amide bonds. The summed E-state index contributed by atoms with van der Waals surface area (Å²) in [5.74, 6) is 3.00. The van der Waals surface area contributed by atoms with E-state index in [1.165, 1.54) is 0 Å². The van der Waals surface area contributed by atoms with Crippen molar-refractivity contribution in [2.75, 3.05) is 39.9 Å². The average molecular weight is 989 g/mol. The second-order valence-electron chi connectivity index (χ2n) is 18.7. The van der Waals surface area contributed by atoms with Crippen molar-refractivity contribution in [3.63, 3.8) is 0 Å². The summed E-state index contributed by atoms with van der Waals surface area (Å²) in [6.45, 7) is 5.04.